The van der Waals surface area contributed by atoms with Crippen LogP contribution in [0.5, 0.6) is 0 Å². The van der Waals surface area contributed by atoms with Crippen LogP contribution in [0.2, 0.25) is 0 Å². The lowest BCUT2D eigenvalue weighted by Crippen LogP contribution is -2.44. The topological polar surface area (TPSA) is 93.5 Å². The van der Waals surface area contributed by atoms with Crippen LogP contribution < -0.4 is 10.9 Å². The van der Waals surface area contributed by atoms with Crippen molar-refractivity contribution in [1.82, 2.24) is 14.9 Å². The summed E-state index contributed by atoms with van der Waals surface area (Å²) in [5.74, 6) is -1.08. The number of nitrogens with one attached hydrogen (secondary N) is 1. The van der Waals surface area contributed by atoms with Crippen LogP contribution in [0.25, 0.3) is 22.3 Å². The van der Waals surface area contributed by atoms with Gasteiger partial charge in [0, 0.05) is 28.6 Å². The Morgan fingerprint density at radius 1 is 1.26 bits per heavy atom. The molecular weight excluding hydrogens is 437 g/mol. The molecule has 0 amide bonds. The van der Waals surface area contributed by atoms with E-state index < -0.39 is 11.6 Å². The maximum atomic E-state index is 14.5. The number of hydrogen-bond acceptors (Lipinski definition) is 6. The molecule has 0 saturated heterocycles. The van der Waals surface area contributed by atoms with Gasteiger partial charge in [-0.25, -0.2) is 14.2 Å². The minimum Gasteiger partial charge on any atom is -0.458 e. The van der Waals surface area contributed by atoms with Crippen LogP contribution in [-0.2, 0) is 34.7 Å². The SMILES string of the molecule is CC[C@@]1(O)C(=O)OCc2c1cc1n(c2=O)Cc2c-1nc1cc(F)c(C)cc1c2CCNC1CC1. The number of ether oxygens (including phenoxy) is 1. The molecular formula is C26H26FN3O4. The van der Waals surface area contributed by atoms with Gasteiger partial charge >= 0.3 is 5.97 Å². The van der Waals surface area contributed by atoms with Crippen LogP contribution in [-0.4, -0.2) is 33.2 Å². The molecule has 176 valence electrons. The zero-order chi connectivity index (χ0) is 23.8. The Morgan fingerprint density at radius 3 is 2.79 bits per heavy atom. The zero-order valence-corrected chi connectivity index (χ0v) is 19.2. The molecule has 1 aromatic carbocycles. The molecule has 0 radical (unpaired) electrons. The third kappa shape index (κ3) is 3.05. The standard InChI is InChI=1S/C26H26FN3O4/c1-3-26(33)19-9-22-23-17(11-30(22)24(31)18(19)12-34-25(26)32)15(6-7-28-14-4-5-14)16-8-13(2)20(27)10-21(16)29-23/h8-10,14,28,33H,3-7,11-12H2,1-2H3/t26-/m0/s1. The Labute approximate surface area is 195 Å². The van der Waals surface area contributed by atoms with Gasteiger partial charge in [-0.1, -0.05) is 6.92 Å². The molecule has 1 fully saturated rings. The molecule has 2 aliphatic heterocycles. The maximum Gasteiger partial charge on any atom is 0.343 e. The molecule has 34 heavy (non-hydrogen) atoms. The molecule has 0 spiro atoms. The average Bonchev–Trinajstić information content (AvgIpc) is 3.57. The average molecular weight is 464 g/mol. The Kier molecular flexibility index (Phi) is 4.70. The summed E-state index contributed by atoms with van der Waals surface area (Å²) >= 11 is 0. The van der Waals surface area contributed by atoms with Gasteiger partial charge in [0.15, 0.2) is 5.60 Å². The number of aryl methyl sites for hydroxylation is 1. The second-order valence-corrected chi connectivity index (χ2v) is 9.62. The maximum absolute atomic E-state index is 14.5. The Balaban J connectivity index is 1.57. The van der Waals surface area contributed by atoms with E-state index in [2.05, 4.69) is 5.32 Å². The van der Waals surface area contributed by atoms with E-state index in [9.17, 15) is 19.1 Å². The largest absolute Gasteiger partial charge is 0.458 e. The quantitative estimate of drug-likeness (QED) is 0.442. The van der Waals surface area contributed by atoms with Crippen molar-refractivity contribution in [3.05, 3.63) is 62.2 Å². The van der Waals surface area contributed by atoms with Crippen molar-refractivity contribution >= 4 is 16.9 Å². The van der Waals surface area contributed by atoms with Gasteiger partial charge in [-0.05, 0) is 62.4 Å². The number of aliphatic hydroxyl groups is 1. The molecule has 3 aliphatic rings. The number of rotatable bonds is 5. The second kappa shape index (κ2) is 7.45. The molecule has 7 nitrogen and oxygen atoms in total. The predicted molar refractivity (Wildman–Crippen MR) is 124 cm³/mol. The summed E-state index contributed by atoms with van der Waals surface area (Å²) in [5, 5.41) is 15.5. The Hall–Kier alpha value is -3.10. The molecule has 0 unspecified atom stereocenters. The summed E-state index contributed by atoms with van der Waals surface area (Å²) in [7, 11) is 0. The van der Waals surface area contributed by atoms with Crippen LogP contribution >= 0.6 is 0 Å². The zero-order valence-electron chi connectivity index (χ0n) is 19.2. The van der Waals surface area contributed by atoms with E-state index >= 15 is 0 Å². The molecule has 1 saturated carbocycles. The molecule has 3 aromatic rings. The number of benzene rings is 1. The lowest BCUT2D eigenvalue weighted by Gasteiger charge is -2.31. The number of cyclic esters (lactones) is 1. The first-order valence-corrected chi connectivity index (χ1v) is 11.8. The van der Waals surface area contributed by atoms with E-state index in [1.165, 1.54) is 18.9 Å². The highest BCUT2D eigenvalue weighted by Gasteiger charge is 2.45. The minimum absolute atomic E-state index is 0.0856. The summed E-state index contributed by atoms with van der Waals surface area (Å²) in [6, 6.07) is 5.55. The van der Waals surface area contributed by atoms with Gasteiger partial charge in [-0.15, -0.1) is 0 Å². The van der Waals surface area contributed by atoms with Gasteiger partial charge in [-0.2, -0.15) is 0 Å². The molecule has 8 heteroatoms. The molecule has 2 N–H and O–H groups in total. The van der Waals surface area contributed by atoms with Gasteiger partial charge in [0.25, 0.3) is 5.56 Å². The van der Waals surface area contributed by atoms with Crippen molar-refractivity contribution in [2.45, 2.75) is 64.3 Å². The first kappa shape index (κ1) is 21.4. The second-order valence-electron chi connectivity index (χ2n) is 9.62. The van der Waals surface area contributed by atoms with Crippen molar-refractivity contribution in [1.29, 1.82) is 0 Å². The fourth-order valence-corrected chi connectivity index (χ4v) is 5.27. The highest BCUT2D eigenvalue weighted by atomic mass is 19.1. The third-order valence-corrected chi connectivity index (χ3v) is 7.47. The van der Waals surface area contributed by atoms with E-state index in [-0.39, 0.29) is 30.0 Å². The summed E-state index contributed by atoms with van der Waals surface area (Å²) < 4.78 is 21.3. The molecule has 4 heterocycles. The highest BCUT2D eigenvalue weighted by Crippen LogP contribution is 2.40. The van der Waals surface area contributed by atoms with Crippen LogP contribution in [0.1, 0.15) is 54.0 Å². The number of hydrogen-bond donors (Lipinski definition) is 2. The van der Waals surface area contributed by atoms with E-state index in [1.807, 2.05) is 6.07 Å². The molecule has 1 aliphatic carbocycles. The van der Waals surface area contributed by atoms with Gasteiger partial charge < -0.3 is 19.7 Å². The van der Waals surface area contributed by atoms with Crippen LogP contribution in [0.4, 0.5) is 4.39 Å². The van der Waals surface area contributed by atoms with E-state index in [4.69, 9.17) is 9.72 Å². The number of esters is 1. The van der Waals surface area contributed by atoms with Crippen molar-refractivity contribution < 1.29 is 19.0 Å². The van der Waals surface area contributed by atoms with E-state index in [0.29, 0.717) is 40.6 Å². The summed E-state index contributed by atoms with van der Waals surface area (Å²) in [6.07, 6.45) is 3.19. The number of carbonyl (C=O) groups excluding carboxylic acids is 1. The predicted octanol–water partition coefficient (Wildman–Crippen LogP) is 2.82. The molecule has 6 rings (SSSR count). The van der Waals surface area contributed by atoms with Crippen molar-refractivity contribution in [3.63, 3.8) is 0 Å². The number of carbonyl (C=O) groups is 1. The van der Waals surface area contributed by atoms with Crippen molar-refractivity contribution in [2.24, 2.45) is 0 Å². The molecule has 1 atom stereocenters. The summed E-state index contributed by atoms with van der Waals surface area (Å²) in [5.41, 5.74) is 2.63. The van der Waals surface area contributed by atoms with Gasteiger partial charge in [-0.3, -0.25) is 4.79 Å². The number of nitrogens with zero attached hydrogens (tertiary/aromatic N) is 2. The third-order valence-electron chi connectivity index (χ3n) is 7.47. The Morgan fingerprint density at radius 2 is 2.06 bits per heavy atom. The van der Waals surface area contributed by atoms with Crippen LogP contribution in [0.15, 0.2) is 23.0 Å². The van der Waals surface area contributed by atoms with Gasteiger partial charge in [0.2, 0.25) is 0 Å². The molecule has 2 aromatic heterocycles. The lowest BCUT2D eigenvalue weighted by molar-refractivity contribution is -0.172. The molecule has 0 bridgehead atoms. The van der Waals surface area contributed by atoms with E-state index in [1.54, 1.807) is 24.5 Å². The van der Waals surface area contributed by atoms with E-state index in [0.717, 1.165) is 29.5 Å². The number of fused-ring (bicyclic) bond motifs is 5. The van der Waals surface area contributed by atoms with Crippen LogP contribution in [0, 0.1) is 12.7 Å². The fourth-order valence-electron chi connectivity index (χ4n) is 5.27. The van der Waals surface area contributed by atoms with Crippen molar-refractivity contribution in [3.8, 4) is 11.4 Å². The Bertz CT molecular complexity index is 1440. The first-order valence-electron chi connectivity index (χ1n) is 11.8. The lowest BCUT2D eigenvalue weighted by atomic mass is 9.86. The smallest absolute Gasteiger partial charge is 0.343 e. The number of halogens is 1. The highest BCUT2D eigenvalue weighted by molar-refractivity contribution is 5.89. The normalized spacial score (nSPS) is 20.8. The summed E-state index contributed by atoms with van der Waals surface area (Å²) in [6.45, 7) is 4.38. The monoisotopic (exact) mass is 463 g/mol. The number of pyridine rings is 2. The first-order chi connectivity index (χ1) is 16.3. The van der Waals surface area contributed by atoms with Gasteiger partial charge in [0.05, 0.1) is 29.0 Å². The number of aromatic nitrogens is 2. The fraction of sp³-hybridized carbons (Fsp3) is 0.423. The van der Waals surface area contributed by atoms with Gasteiger partial charge in [0.1, 0.15) is 12.4 Å². The summed E-state index contributed by atoms with van der Waals surface area (Å²) in [4.78, 5) is 30.6. The van der Waals surface area contributed by atoms with Crippen LogP contribution in [0.3, 0.4) is 0 Å². The van der Waals surface area contributed by atoms with Crippen molar-refractivity contribution in [2.75, 3.05) is 6.54 Å². The minimum atomic E-state index is -1.87.